The Hall–Kier alpha value is -2.37. The van der Waals surface area contributed by atoms with Crippen LogP contribution in [0.4, 0.5) is 0 Å². The van der Waals surface area contributed by atoms with Gasteiger partial charge in [-0.1, -0.05) is 24.3 Å². The lowest BCUT2D eigenvalue weighted by atomic mass is 10.0. The van der Waals surface area contributed by atoms with E-state index in [9.17, 15) is 4.79 Å². The summed E-state index contributed by atoms with van der Waals surface area (Å²) in [7, 11) is 0. The molecule has 0 saturated carbocycles. The third-order valence-corrected chi connectivity index (χ3v) is 3.02. The zero-order valence-electron chi connectivity index (χ0n) is 11.4. The molecule has 0 spiro atoms. The van der Waals surface area contributed by atoms with E-state index >= 15 is 0 Å². The highest BCUT2D eigenvalue weighted by atomic mass is 16.2. The molecule has 0 unspecified atom stereocenters. The lowest BCUT2D eigenvalue weighted by molar-refractivity contribution is -0.130. The first-order chi connectivity index (χ1) is 9.72. The summed E-state index contributed by atoms with van der Waals surface area (Å²) >= 11 is 0. The Bertz CT molecular complexity index is 509. The number of nitrogens with zero attached hydrogens (tertiary/aromatic N) is 3. The van der Waals surface area contributed by atoms with Gasteiger partial charge in [-0.2, -0.15) is 10.5 Å². The van der Waals surface area contributed by atoms with Crippen LogP contribution in [0.3, 0.4) is 0 Å². The van der Waals surface area contributed by atoms with Gasteiger partial charge in [0, 0.05) is 19.6 Å². The summed E-state index contributed by atoms with van der Waals surface area (Å²) in [6.07, 6.45) is 0.801. The van der Waals surface area contributed by atoms with Crippen LogP contribution in [0, 0.1) is 22.7 Å². The summed E-state index contributed by atoms with van der Waals surface area (Å²) in [5, 5.41) is 17.2. The van der Waals surface area contributed by atoms with Gasteiger partial charge in [-0.3, -0.25) is 4.79 Å². The van der Waals surface area contributed by atoms with E-state index in [1.807, 2.05) is 36.4 Å². The summed E-state index contributed by atoms with van der Waals surface area (Å²) in [6, 6.07) is 11.6. The molecule has 0 heterocycles. The Labute approximate surface area is 119 Å². The van der Waals surface area contributed by atoms with Crippen LogP contribution in [0.5, 0.6) is 0 Å². The van der Waals surface area contributed by atoms with Crippen molar-refractivity contribution >= 4 is 5.91 Å². The van der Waals surface area contributed by atoms with Crippen LogP contribution >= 0.6 is 0 Å². The van der Waals surface area contributed by atoms with Crippen LogP contribution in [0.1, 0.15) is 24.0 Å². The third kappa shape index (κ3) is 4.72. The maximum absolute atomic E-state index is 12.3. The fourth-order valence-corrected chi connectivity index (χ4v) is 1.93. The van der Waals surface area contributed by atoms with E-state index in [0.29, 0.717) is 19.6 Å². The molecule has 0 saturated heterocycles. The average molecular weight is 270 g/mol. The van der Waals surface area contributed by atoms with E-state index < -0.39 is 0 Å². The van der Waals surface area contributed by atoms with Crippen molar-refractivity contribution in [1.82, 2.24) is 4.90 Å². The monoisotopic (exact) mass is 270 g/mol. The fraction of sp³-hybridized carbons (Fsp3) is 0.400. The van der Waals surface area contributed by atoms with Gasteiger partial charge >= 0.3 is 0 Å². The minimum atomic E-state index is -0.0728. The molecule has 5 nitrogen and oxygen atoms in total. The topological polar surface area (TPSA) is 93.9 Å². The molecular formula is C15H18N4O. The molecule has 20 heavy (non-hydrogen) atoms. The number of nitriles is 2. The first-order valence-electron chi connectivity index (χ1n) is 6.51. The van der Waals surface area contributed by atoms with Crippen LogP contribution in [0.25, 0.3) is 0 Å². The molecule has 1 aromatic rings. The molecule has 1 aromatic carbocycles. The minimum absolute atomic E-state index is 0.0728. The maximum Gasteiger partial charge on any atom is 0.227 e. The van der Waals surface area contributed by atoms with Crippen molar-refractivity contribution < 1.29 is 4.79 Å². The molecule has 1 rings (SSSR count). The SMILES string of the molecule is N#CCCN(CCC#N)C(=O)Cc1ccccc1CN. The second-order valence-corrected chi connectivity index (χ2v) is 4.35. The van der Waals surface area contributed by atoms with Crippen molar-refractivity contribution in [2.24, 2.45) is 5.73 Å². The first kappa shape index (κ1) is 15.7. The average Bonchev–Trinajstić information content (AvgIpc) is 2.47. The summed E-state index contributed by atoms with van der Waals surface area (Å²) in [6.45, 7) is 1.11. The normalized spacial score (nSPS) is 9.55. The molecule has 0 bridgehead atoms. The quantitative estimate of drug-likeness (QED) is 0.809. The van der Waals surface area contributed by atoms with Crippen molar-refractivity contribution in [2.45, 2.75) is 25.8 Å². The van der Waals surface area contributed by atoms with Gasteiger partial charge in [0.1, 0.15) is 0 Å². The molecule has 104 valence electrons. The molecule has 0 radical (unpaired) electrons. The number of carbonyl (C=O) groups is 1. The first-order valence-corrected chi connectivity index (χ1v) is 6.51. The fourth-order valence-electron chi connectivity index (χ4n) is 1.93. The Morgan fingerprint density at radius 3 is 2.15 bits per heavy atom. The summed E-state index contributed by atoms with van der Waals surface area (Å²) in [5.74, 6) is -0.0728. The van der Waals surface area contributed by atoms with Crippen molar-refractivity contribution in [3.63, 3.8) is 0 Å². The summed E-state index contributed by atoms with van der Waals surface area (Å²) < 4.78 is 0. The number of hydrogen-bond donors (Lipinski definition) is 1. The van der Waals surface area contributed by atoms with Gasteiger partial charge < -0.3 is 10.6 Å². The van der Waals surface area contributed by atoms with Crippen molar-refractivity contribution in [3.05, 3.63) is 35.4 Å². The van der Waals surface area contributed by atoms with Crippen molar-refractivity contribution in [3.8, 4) is 12.1 Å². The zero-order valence-corrected chi connectivity index (χ0v) is 11.4. The van der Waals surface area contributed by atoms with Crippen LogP contribution in [0.15, 0.2) is 24.3 Å². The number of carbonyl (C=O) groups excluding carboxylic acids is 1. The van der Waals surface area contributed by atoms with Gasteiger partial charge in [0.15, 0.2) is 0 Å². The summed E-state index contributed by atoms with van der Waals surface area (Å²) in [5.41, 5.74) is 7.50. The zero-order chi connectivity index (χ0) is 14.8. The Morgan fingerprint density at radius 1 is 1.10 bits per heavy atom. The lowest BCUT2D eigenvalue weighted by Gasteiger charge is -2.21. The molecule has 2 N–H and O–H groups in total. The lowest BCUT2D eigenvalue weighted by Crippen LogP contribution is -2.34. The number of rotatable bonds is 7. The Balaban J connectivity index is 2.74. The van der Waals surface area contributed by atoms with Gasteiger partial charge in [0.05, 0.1) is 31.4 Å². The number of nitrogens with two attached hydrogens (primary N) is 1. The van der Waals surface area contributed by atoms with Gasteiger partial charge in [-0.15, -0.1) is 0 Å². The smallest absolute Gasteiger partial charge is 0.227 e. The molecule has 0 aromatic heterocycles. The Kier molecular flexibility index (Phi) is 6.81. The van der Waals surface area contributed by atoms with Gasteiger partial charge in [0.2, 0.25) is 5.91 Å². The third-order valence-electron chi connectivity index (χ3n) is 3.02. The van der Waals surface area contributed by atoms with Crippen molar-refractivity contribution in [1.29, 1.82) is 10.5 Å². The number of benzene rings is 1. The van der Waals surface area contributed by atoms with Crippen LogP contribution in [-0.4, -0.2) is 23.9 Å². The molecular weight excluding hydrogens is 252 g/mol. The van der Waals surface area contributed by atoms with Gasteiger partial charge in [0.25, 0.3) is 0 Å². The van der Waals surface area contributed by atoms with E-state index in [1.165, 1.54) is 0 Å². The van der Waals surface area contributed by atoms with E-state index in [-0.39, 0.29) is 25.2 Å². The molecule has 0 fully saturated rings. The van der Waals surface area contributed by atoms with E-state index in [0.717, 1.165) is 11.1 Å². The molecule has 1 amide bonds. The minimum Gasteiger partial charge on any atom is -0.340 e. The van der Waals surface area contributed by atoms with Crippen LogP contribution in [0.2, 0.25) is 0 Å². The van der Waals surface area contributed by atoms with Gasteiger partial charge in [-0.05, 0) is 11.1 Å². The second-order valence-electron chi connectivity index (χ2n) is 4.35. The van der Waals surface area contributed by atoms with Gasteiger partial charge in [-0.25, -0.2) is 0 Å². The predicted octanol–water partition coefficient (Wildman–Crippen LogP) is 1.34. The highest BCUT2D eigenvalue weighted by molar-refractivity contribution is 5.79. The molecule has 0 aliphatic rings. The largest absolute Gasteiger partial charge is 0.340 e. The predicted molar refractivity (Wildman–Crippen MR) is 75.1 cm³/mol. The summed E-state index contributed by atoms with van der Waals surface area (Å²) in [4.78, 5) is 13.8. The highest BCUT2D eigenvalue weighted by Gasteiger charge is 2.14. The Morgan fingerprint density at radius 2 is 1.65 bits per heavy atom. The molecule has 0 aliphatic heterocycles. The maximum atomic E-state index is 12.3. The van der Waals surface area contributed by atoms with Crippen molar-refractivity contribution in [2.75, 3.05) is 13.1 Å². The number of hydrogen-bond acceptors (Lipinski definition) is 4. The molecule has 0 aliphatic carbocycles. The molecule has 5 heteroatoms. The standard InChI is InChI=1S/C15H18N4O/c16-7-3-9-19(10-4-8-17)15(20)11-13-5-1-2-6-14(13)12-18/h1-2,5-6H,3-4,9-12,18H2. The second kappa shape index (κ2) is 8.68. The van der Waals surface area contributed by atoms with Crippen LogP contribution < -0.4 is 5.73 Å². The van der Waals surface area contributed by atoms with E-state index in [2.05, 4.69) is 0 Å². The highest BCUT2D eigenvalue weighted by Crippen LogP contribution is 2.10. The molecule has 0 atom stereocenters. The van der Waals surface area contributed by atoms with E-state index in [4.69, 9.17) is 16.3 Å². The van der Waals surface area contributed by atoms with E-state index in [1.54, 1.807) is 4.90 Å². The van der Waals surface area contributed by atoms with Crippen LogP contribution in [-0.2, 0) is 17.8 Å². The number of amides is 1.